The summed E-state index contributed by atoms with van der Waals surface area (Å²) in [6.07, 6.45) is 0.762. The largest absolute Gasteiger partial charge is 0.391 e. The van der Waals surface area contributed by atoms with Crippen LogP contribution in [0.5, 0.6) is 0 Å². The molecule has 2 unspecified atom stereocenters. The van der Waals surface area contributed by atoms with E-state index >= 15 is 0 Å². The predicted octanol–water partition coefficient (Wildman–Crippen LogP) is 3.06. The second-order valence-corrected chi connectivity index (χ2v) is 8.18. The van der Waals surface area contributed by atoms with Gasteiger partial charge in [-0.3, -0.25) is 9.59 Å². The zero-order valence-electron chi connectivity index (χ0n) is 16.5. The summed E-state index contributed by atoms with van der Waals surface area (Å²) in [7, 11) is 0. The summed E-state index contributed by atoms with van der Waals surface area (Å²) in [5, 5.41) is 13.0. The van der Waals surface area contributed by atoms with E-state index in [1.165, 1.54) is 4.90 Å². The van der Waals surface area contributed by atoms with E-state index in [1.807, 2.05) is 50.5 Å². The van der Waals surface area contributed by atoms with Crippen molar-refractivity contribution in [3.8, 4) is 10.4 Å². The van der Waals surface area contributed by atoms with Crippen LogP contribution in [-0.4, -0.2) is 45.5 Å². The SMILES string of the molecule is CCCC(=O)N1CC(O)CC1C(=O)N[C@@H](C)c1ccc(-c2scnc2C)cc1. The van der Waals surface area contributed by atoms with Crippen molar-refractivity contribution in [3.63, 3.8) is 0 Å². The molecule has 1 aliphatic heterocycles. The standard InChI is InChI=1S/C21H27N3O3S/c1-4-5-19(26)24-11-17(25)10-18(24)21(27)23-13(2)15-6-8-16(9-7-15)20-14(3)22-12-28-20/h6-9,12-13,17-18,25H,4-5,10-11H2,1-3H3,(H,23,27)/t13-,17?,18?/m0/s1. The van der Waals surface area contributed by atoms with E-state index in [-0.39, 0.29) is 30.8 Å². The van der Waals surface area contributed by atoms with Gasteiger partial charge in [0.1, 0.15) is 6.04 Å². The minimum absolute atomic E-state index is 0.0730. The number of benzene rings is 1. The number of carbonyl (C=O) groups is 2. The van der Waals surface area contributed by atoms with Gasteiger partial charge in [0.05, 0.1) is 28.2 Å². The van der Waals surface area contributed by atoms with Gasteiger partial charge in [0.25, 0.3) is 0 Å². The van der Waals surface area contributed by atoms with Gasteiger partial charge >= 0.3 is 0 Å². The lowest BCUT2D eigenvalue weighted by atomic mass is 10.0. The quantitative estimate of drug-likeness (QED) is 0.779. The van der Waals surface area contributed by atoms with Crippen molar-refractivity contribution in [1.29, 1.82) is 0 Å². The van der Waals surface area contributed by atoms with Crippen LogP contribution in [-0.2, 0) is 9.59 Å². The summed E-state index contributed by atoms with van der Waals surface area (Å²) in [4.78, 5) is 32.0. The van der Waals surface area contributed by atoms with E-state index in [2.05, 4.69) is 10.3 Å². The smallest absolute Gasteiger partial charge is 0.243 e. The molecular weight excluding hydrogens is 374 g/mol. The number of thiazole rings is 1. The first-order chi connectivity index (χ1) is 13.4. The third kappa shape index (κ3) is 4.42. The highest BCUT2D eigenvalue weighted by Crippen LogP contribution is 2.28. The second-order valence-electron chi connectivity index (χ2n) is 7.32. The maximum absolute atomic E-state index is 12.8. The number of nitrogens with one attached hydrogen (secondary N) is 1. The Morgan fingerprint density at radius 1 is 1.36 bits per heavy atom. The molecule has 1 aromatic heterocycles. The fourth-order valence-corrected chi connectivity index (χ4v) is 4.40. The molecule has 3 rings (SSSR count). The topological polar surface area (TPSA) is 82.5 Å². The molecular formula is C21H27N3O3S. The predicted molar refractivity (Wildman–Crippen MR) is 110 cm³/mol. The molecule has 0 aliphatic carbocycles. The summed E-state index contributed by atoms with van der Waals surface area (Å²) in [5.74, 6) is -0.285. The maximum Gasteiger partial charge on any atom is 0.243 e. The number of aliphatic hydroxyl groups excluding tert-OH is 1. The Kier molecular flexibility index (Phi) is 6.46. The molecule has 2 N–H and O–H groups in total. The highest BCUT2D eigenvalue weighted by molar-refractivity contribution is 7.13. The molecule has 1 aromatic carbocycles. The number of hydrogen-bond acceptors (Lipinski definition) is 5. The summed E-state index contributed by atoms with van der Waals surface area (Å²) in [6, 6.07) is 7.29. The van der Waals surface area contributed by atoms with E-state index in [1.54, 1.807) is 11.3 Å². The van der Waals surface area contributed by atoms with Crippen molar-refractivity contribution >= 4 is 23.2 Å². The molecule has 6 nitrogen and oxygen atoms in total. The lowest BCUT2D eigenvalue weighted by Gasteiger charge is -2.25. The van der Waals surface area contributed by atoms with Crippen molar-refractivity contribution in [2.45, 2.75) is 58.2 Å². The van der Waals surface area contributed by atoms with E-state index < -0.39 is 12.1 Å². The van der Waals surface area contributed by atoms with Crippen LogP contribution < -0.4 is 5.32 Å². The fraction of sp³-hybridized carbons (Fsp3) is 0.476. The van der Waals surface area contributed by atoms with Gasteiger partial charge in [0.2, 0.25) is 11.8 Å². The monoisotopic (exact) mass is 401 g/mol. The van der Waals surface area contributed by atoms with Crippen molar-refractivity contribution in [2.24, 2.45) is 0 Å². The second kappa shape index (κ2) is 8.84. The molecule has 0 radical (unpaired) electrons. The first-order valence-corrected chi connectivity index (χ1v) is 10.6. The van der Waals surface area contributed by atoms with Gasteiger partial charge in [-0.15, -0.1) is 11.3 Å². The Morgan fingerprint density at radius 3 is 2.68 bits per heavy atom. The number of hydrogen-bond donors (Lipinski definition) is 2. The molecule has 150 valence electrons. The lowest BCUT2D eigenvalue weighted by Crippen LogP contribution is -2.46. The van der Waals surface area contributed by atoms with Crippen LogP contribution in [0.15, 0.2) is 29.8 Å². The average Bonchev–Trinajstić information content (AvgIpc) is 3.27. The fourth-order valence-electron chi connectivity index (χ4n) is 3.59. The van der Waals surface area contributed by atoms with Crippen molar-refractivity contribution in [1.82, 2.24) is 15.2 Å². The number of aryl methyl sites for hydroxylation is 1. The van der Waals surface area contributed by atoms with Crippen LogP contribution in [0.4, 0.5) is 0 Å². The Labute approximate surface area is 169 Å². The minimum atomic E-state index is -0.645. The van der Waals surface area contributed by atoms with Crippen molar-refractivity contribution in [2.75, 3.05) is 6.54 Å². The molecule has 2 heterocycles. The van der Waals surface area contributed by atoms with Crippen LogP contribution in [0.1, 0.15) is 50.4 Å². The highest BCUT2D eigenvalue weighted by Gasteiger charge is 2.38. The first kappa shape index (κ1) is 20.5. The maximum atomic E-state index is 12.8. The molecule has 3 atom stereocenters. The molecule has 28 heavy (non-hydrogen) atoms. The Hall–Kier alpha value is -2.25. The highest BCUT2D eigenvalue weighted by atomic mass is 32.1. The number of likely N-dealkylation sites (tertiary alicyclic amines) is 1. The van der Waals surface area contributed by atoms with Gasteiger partial charge in [0.15, 0.2) is 0 Å². The van der Waals surface area contributed by atoms with Crippen molar-refractivity contribution < 1.29 is 14.7 Å². The molecule has 1 aliphatic rings. The van der Waals surface area contributed by atoms with Crippen LogP contribution in [0.25, 0.3) is 10.4 Å². The molecule has 7 heteroatoms. The molecule has 1 saturated heterocycles. The van der Waals surface area contributed by atoms with Gasteiger partial charge in [-0.2, -0.15) is 0 Å². The summed E-state index contributed by atoms with van der Waals surface area (Å²) in [6.45, 7) is 6.08. The van der Waals surface area contributed by atoms with Gasteiger partial charge in [-0.1, -0.05) is 31.2 Å². The number of aromatic nitrogens is 1. The molecule has 2 amide bonds. The third-order valence-electron chi connectivity index (χ3n) is 5.14. The van der Waals surface area contributed by atoms with E-state index in [9.17, 15) is 14.7 Å². The Bertz CT molecular complexity index is 834. The zero-order chi connectivity index (χ0) is 20.3. The molecule has 0 spiro atoms. The van der Waals surface area contributed by atoms with E-state index in [0.717, 1.165) is 28.1 Å². The van der Waals surface area contributed by atoms with Crippen molar-refractivity contribution in [3.05, 3.63) is 41.0 Å². The van der Waals surface area contributed by atoms with Gasteiger partial charge in [-0.05, 0) is 31.4 Å². The third-order valence-corrected chi connectivity index (χ3v) is 6.12. The zero-order valence-corrected chi connectivity index (χ0v) is 17.3. The summed E-state index contributed by atoms with van der Waals surface area (Å²) < 4.78 is 0. The lowest BCUT2D eigenvalue weighted by molar-refractivity contribution is -0.138. The van der Waals surface area contributed by atoms with Crippen LogP contribution in [0.3, 0.4) is 0 Å². The molecule has 0 bridgehead atoms. The molecule has 1 fully saturated rings. The van der Waals surface area contributed by atoms with Crippen LogP contribution in [0, 0.1) is 6.92 Å². The number of nitrogens with zero attached hydrogens (tertiary/aromatic N) is 2. The first-order valence-electron chi connectivity index (χ1n) is 9.69. The average molecular weight is 402 g/mol. The van der Waals surface area contributed by atoms with Gasteiger partial charge in [-0.25, -0.2) is 4.98 Å². The Morgan fingerprint density at radius 2 is 2.07 bits per heavy atom. The van der Waals surface area contributed by atoms with Gasteiger partial charge < -0.3 is 15.3 Å². The number of β-amino-alcohol motifs (C(OH)–C–C–N with tert-alkyl or cyclic N) is 1. The number of carbonyl (C=O) groups excluding carboxylic acids is 2. The number of amides is 2. The van der Waals surface area contributed by atoms with Crippen LogP contribution in [0.2, 0.25) is 0 Å². The minimum Gasteiger partial charge on any atom is -0.391 e. The van der Waals surface area contributed by atoms with E-state index in [4.69, 9.17) is 0 Å². The van der Waals surface area contributed by atoms with Gasteiger partial charge in [0, 0.05) is 19.4 Å². The van der Waals surface area contributed by atoms with E-state index in [0.29, 0.717) is 6.42 Å². The molecule has 0 saturated carbocycles. The van der Waals surface area contributed by atoms with Crippen LogP contribution >= 0.6 is 11.3 Å². The number of aliphatic hydroxyl groups is 1. The Balaban J connectivity index is 1.66. The summed E-state index contributed by atoms with van der Waals surface area (Å²) in [5.41, 5.74) is 4.95. The normalized spacial score (nSPS) is 20.2. The summed E-state index contributed by atoms with van der Waals surface area (Å²) >= 11 is 1.61. The molecule has 2 aromatic rings. The number of rotatable bonds is 6.